The average Bonchev–Trinajstić information content (AvgIpc) is 2.28. The summed E-state index contributed by atoms with van der Waals surface area (Å²) in [7, 11) is -1.99. The smallest absolute Gasteiger partial charge is 0.244 e. The van der Waals surface area contributed by atoms with Crippen LogP contribution < -0.4 is 5.73 Å². The van der Waals surface area contributed by atoms with Crippen LogP contribution in [0.1, 0.15) is 12.5 Å². The molecule has 0 amide bonds. The molecule has 90 valence electrons. The van der Waals surface area contributed by atoms with Gasteiger partial charge in [-0.05, 0) is 17.7 Å². The Bertz CT molecular complexity index is 474. The van der Waals surface area contributed by atoms with Crippen molar-refractivity contribution in [3.8, 4) is 0 Å². The van der Waals surface area contributed by atoms with Crippen LogP contribution in [0.5, 0.6) is 0 Å². The second-order valence-electron chi connectivity index (χ2n) is 3.39. The molecule has 0 aliphatic carbocycles. The van der Waals surface area contributed by atoms with Crippen molar-refractivity contribution in [2.24, 2.45) is 5.73 Å². The van der Waals surface area contributed by atoms with Crippen LogP contribution in [0.3, 0.4) is 0 Å². The van der Waals surface area contributed by atoms with Gasteiger partial charge in [-0.15, -0.1) is 0 Å². The number of sulfonamides is 1. The Morgan fingerprint density at radius 1 is 1.44 bits per heavy atom. The highest BCUT2D eigenvalue weighted by Crippen LogP contribution is 2.24. The molecular formula is C10H15ClN2O2S. The Hall–Kier alpha value is -0.620. The van der Waals surface area contributed by atoms with Crippen molar-refractivity contribution >= 4 is 21.6 Å². The largest absolute Gasteiger partial charge is 0.326 e. The summed E-state index contributed by atoms with van der Waals surface area (Å²) in [5, 5.41) is 0.220. The van der Waals surface area contributed by atoms with E-state index in [4.69, 9.17) is 17.3 Å². The van der Waals surface area contributed by atoms with Gasteiger partial charge in [0.25, 0.3) is 0 Å². The van der Waals surface area contributed by atoms with Crippen molar-refractivity contribution in [2.75, 3.05) is 13.6 Å². The fraction of sp³-hybridized carbons (Fsp3) is 0.400. The molecule has 0 bridgehead atoms. The fourth-order valence-electron chi connectivity index (χ4n) is 1.21. The first-order valence-corrected chi connectivity index (χ1v) is 6.70. The first-order chi connectivity index (χ1) is 7.43. The predicted octanol–water partition coefficient (Wildman–Crippen LogP) is 1.44. The van der Waals surface area contributed by atoms with Crippen LogP contribution in [0.25, 0.3) is 0 Å². The molecule has 2 N–H and O–H groups in total. The minimum atomic E-state index is -3.51. The third-order valence-corrected chi connectivity index (χ3v) is 4.78. The Balaban J connectivity index is 3.32. The van der Waals surface area contributed by atoms with E-state index < -0.39 is 10.0 Å². The standard InChI is InChI=1S/C10H15ClN2O2S/c1-3-13(2)16(14,15)10-6-8(7-12)4-5-9(10)11/h4-6H,3,7,12H2,1-2H3. The molecule has 0 atom stereocenters. The van der Waals surface area contributed by atoms with Crippen LogP contribution >= 0.6 is 11.6 Å². The summed E-state index contributed by atoms with van der Waals surface area (Å²) in [4.78, 5) is 0.112. The fourth-order valence-corrected chi connectivity index (χ4v) is 2.91. The number of hydrogen-bond acceptors (Lipinski definition) is 3. The number of hydrogen-bond donors (Lipinski definition) is 1. The predicted molar refractivity (Wildman–Crippen MR) is 64.8 cm³/mol. The average molecular weight is 263 g/mol. The van der Waals surface area contributed by atoms with E-state index >= 15 is 0 Å². The summed E-state index contributed by atoms with van der Waals surface area (Å²) >= 11 is 5.89. The summed E-state index contributed by atoms with van der Waals surface area (Å²) in [6, 6.07) is 4.79. The van der Waals surface area contributed by atoms with Crippen LogP contribution in [0, 0.1) is 0 Å². The maximum atomic E-state index is 12.1. The Morgan fingerprint density at radius 3 is 2.56 bits per heavy atom. The van der Waals surface area contributed by atoms with Crippen molar-refractivity contribution in [2.45, 2.75) is 18.4 Å². The van der Waals surface area contributed by atoms with Gasteiger partial charge in [-0.3, -0.25) is 0 Å². The van der Waals surface area contributed by atoms with E-state index in [2.05, 4.69) is 0 Å². The first kappa shape index (κ1) is 13.4. The summed E-state index contributed by atoms with van der Waals surface area (Å²) in [6.07, 6.45) is 0. The summed E-state index contributed by atoms with van der Waals surface area (Å²) < 4.78 is 25.4. The van der Waals surface area contributed by atoms with E-state index in [1.165, 1.54) is 17.4 Å². The minimum Gasteiger partial charge on any atom is -0.326 e. The number of nitrogens with zero attached hydrogens (tertiary/aromatic N) is 1. The first-order valence-electron chi connectivity index (χ1n) is 4.88. The van der Waals surface area contributed by atoms with Gasteiger partial charge in [-0.1, -0.05) is 24.6 Å². The van der Waals surface area contributed by atoms with Crippen LogP contribution in [0.4, 0.5) is 0 Å². The van der Waals surface area contributed by atoms with E-state index in [1.54, 1.807) is 19.1 Å². The molecule has 0 spiro atoms. The molecule has 0 aromatic heterocycles. The van der Waals surface area contributed by atoms with Crippen LogP contribution in [0.15, 0.2) is 23.1 Å². The van der Waals surface area contributed by atoms with Crippen molar-refractivity contribution in [1.82, 2.24) is 4.31 Å². The van der Waals surface area contributed by atoms with Crippen LogP contribution in [-0.4, -0.2) is 26.3 Å². The third-order valence-electron chi connectivity index (χ3n) is 2.36. The van der Waals surface area contributed by atoms with Gasteiger partial charge in [0.2, 0.25) is 10.0 Å². The van der Waals surface area contributed by atoms with Gasteiger partial charge >= 0.3 is 0 Å². The van der Waals surface area contributed by atoms with Gasteiger partial charge in [0.15, 0.2) is 0 Å². The molecule has 0 saturated heterocycles. The minimum absolute atomic E-state index is 0.112. The lowest BCUT2D eigenvalue weighted by atomic mass is 10.2. The topological polar surface area (TPSA) is 63.4 Å². The number of nitrogens with two attached hydrogens (primary N) is 1. The molecule has 0 aliphatic heterocycles. The van der Waals surface area contributed by atoms with Crippen molar-refractivity contribution in [1.29, 1.82) is 0 Å². The molecule has 0 heterocycles. The van der Waals surface area contributed by atoms with E-state index in [1.807, 2.05) is 0 Å². The summed E-state index contributed by atoms with van der Waals surface area (Å²) in [6.45, 7) is 2.44. The summed E-state index contributed by atoms with van der Waals surface area (Å²) in [5.74, 6) is 0. The Kier molecular flexibility index (Phi) is 4.32. The Labute approximate surface area is 101 Å². The van der Waals surface area contributed by atoms with E-state index in [0.717, 1.165) is 5.56 Å². The molecule has 1 aromatic carbocycles. The summed E-state index contributed by atoms with van der Waals surface area (Å²) in [5.41, 5.74) is 6.21. The van der Waals surface area contributed by atoms with Crippen LogP contribution in [-0.2, 0) is 16.6 Å². The molecule has 16 heavy (non-hydrogen) atoms. The zero-order valence-corrected chi connectivity index (χ0v) is 10.8. The zero-order valence-electron chi connectivity index (χ0n) is 9.27. The maximum Gasteiger partial charge on any atom is 0.244 e. The van der Waals surface area contributed by atoms with Gasteiger partial charge < -0.3 is 5.73 Å². The lowest BCUT2D eigenvalue weighted by Crippen LogP contribution is -2.27. The lowest BCUT2D eigenvalue weighted by molar-refractivity contribution is 0.486. The maximum absolute atomic E-state index is 12.1. The number of benzene rings is 1. The molecule has 1 aromatic rings. The van der Waals surface area contributed by atoms with E-state index in [9.17, 15) is 8.42 Å². The zero-order chi connectivity index (χ0) is 12.3. The van der Waals surface area contributed by atoms with Crippen molar-refractivity contribution < 1.29 is 8.42 Å². The normalized spacial score (nSPS) is 12.1. The van der Waals surface area contributed by atoms with Crippen molar-refractivity contribution in [3.05, 3.63) is 28.8 Å². The SMILES string of the molecule is CCN(C)S(=O)(=O)c1cc(CN)ccc1Cl. The van der Waals surface area contributed by atoms with Crippen molar-refractivity contribution in [3.63, 3.8) is 0 Å². The monoisotopic (exact) mass is 262 g/mol. The molecule has 0 unspecified atom stereocenters. The quantitative estimate of drug-likeness (QED) is 0.893. The molecule has 4 nitrogen and oxygen atoms in total. The van der Waals surface area contributed by atoms with Gasteiger partial charge in [0.05, 0.1) is 5.02 Å². The third kappa shape index (κ3) is 2.55. The molecule has 1 rings (SSSR count). The molecule has 0 saturated carbocycles. The van der Waals surface area contributed by atoms with Crippen LogP contribution in [0.2, 0.25) is 5.02 Å². The molecule has 0 radical (unpaired) electrons. The van der Waals surface area contributed by atoms with Gasteiger partial charge in [-0.25, -0.2) is 12.7 Å². The van der Waals surface area contributed by atoms with E-state index in [0.29, 0.717) is 6.54 Å². The second kappa shape index (κ2) is 5.14. The molecular weight excluding hydrogens is 248 g/mol. The highest BCUT2D eigenvalue weighted by Gasteiger charge is 2.22. The highest BCUT2D eigenvalue weighted by molar-refractivity contribution is 7.89. The van der Waals surface area contributed by atoms with Gasteiger partial charge in [0.1, 0.15) is 4.90 Å². The number of rotatable bonds is 4. The van der Waals surface area contributed by atoms with Gasteiger partial charge in [0, 0.05) is 20.1 Å². The molecule has 0 fully saturated rings. The number of halogens is 1. The van der Waals surface area contributed by atoms with E-state index in [-0.39, 0.29) is 16.5 Å². The molecule has 6 heteroatoms. The van der Waals surface area contributed by atoms with Gasteiger partial charge in [-0.2, -0.15) is 0 Å². The second-order valence-corrected chi connectivity index (χ2v) is 5.81. The molecule has 0 aliphatic rings. The lowest BCUT2D eigenvalue weighted by Gasteiger charge is -2.16. The highest BCUT2D eigenvalue weighted by atomic mass is 35.5. The Morgan fingerprint density at radius 2 is 2.06 bits per heavy atom.